The fourth-order valence-electron chi connectivity index (χ4n) is 3.61. The number of nitrogens with zero attached hydrogens (tertiary/aromatic N) is 1. The molecule has 4 nitrogen and oxygen atoms in total. The van der Waals surface area contributed by atoms with Crippen molar-refractivity contribution in [2.45, 2.75) is 5.66 Å². The van der Waals surface area contributed by atoms with E-state index in [-0.39, 0.29) is 0 Å². The van der Waals surface area contributed by atoms with Gasteiger partial charge in [-0.15, -0.1) is 0 Å². The van der Waals surface area contributed by atoms with E-state index in [1.165, 1.54) is 0 Å². The van der Waals surface area contributed by atoms with Gasteiger partial charge in [-0.05, 0) is 36.5 Å². The molecule has 2 aliphatic rings. The summed E-state index contributed by atoms with van der Waals surface area (Å²) in [6.07, 6.45) is 0. The molecule has 3 aromatic carbocycles. The van der Waals surface area contributed by atoms with Gasteiger partial charge in [0.1, 0.15) is 0 Å². The van der Waals surface area contributed by atoms with Crippen molar-refractivity contribution in [3.05, 3.63) is 90.0 Å². The third kappa shape index (κ3) is 2.06. The zero-order chi connectivity index (χ0) is 16.9. The van der Waals surface area contributed by atoms with Crippen molar-refractivity contribution in [3.8, 4) is 0 Å². The SMILES string of the molecule is S=C1NC2(NN1c1ccccc1)c1ccccc1Nc1ccccc12. The van der Waals surface area contributed by atoms with Crippen molar-refractivity contribution in [1.82, 2.24) is 10.7 Å². The number of nitrogens with one attached hydrogen (secondary N) is 3. The quantitative estimate of drug-likeness (QED) is 0.585. The largest absolute Gasteiger partial charge is 0.355 e. The maximum absolute atomic E-state index is 5.67. The number of rotatable bonds is 1. The molecule has 1 spiro atoms. The lowest BCUT2D eigenvalue weighted by Gasteiger charge is -2.38. The minimum absolute atomic E-state index is 0.592. The van der Waals surface area contributed by atoms with Crippen molar-refractivity contribution in [1.29, 1.82) is 0 Å². The summed E-state index contributed by atoms with van der Waals surface area (Å²) in [5.74, 6) is 0. The van der Waals surface area contributed by atoms with Crippen LogP contribution in [0, 0.1) is 0 Å². The maximum atomic E-state index is 5.67. The average molecular weight is 344 g/mol. The Bertz CT molecular complexity index is 925. The predicted octanol–water partition coefficient (Wildman–Crippen LogP) is 3.84. The van der Waals surface area contributed by atoms with E-state index in [1.807, 2.05) is 59.6 Å². The molecule has 122 valence electrons. The first kappa shape index (κ1) is 14.5. The number of fused-ring (bicyclic) bond motifs is 4. The highest BCUT2D eigenvalue weighted by Crippen LogP contribution is 2.44. The summed E-state index contributed by atoms with van der Waals surface area (Å²) in [7, 11) is 0. The van der Waals surface area contributed by atoms with Gasteiger partial charge < -0.3 is 10.6 Å². The highest BCUT2D eigenvalue weighted by atomic mass is 32.1. The van der Waals surface area contributed by atoms with Gasteiger partial charge in [-0.25, -0.2) is 5.01 Å². The van der Waals surface area contributed by atoms with Crippen LogP contribution < -0.4 is 21.1 Å². The Morgan fingerprint density at radius 2 is 1.28 bits per heavy atom. The molecule has 3 N–H and O–H groups in total. The molecule has 0 aromatic heterocycles. The van der Waals surface area contributed by atoms with Gasteiger partial charge in [0, 0.05) is 22.5 Å². The number of para-hydroxylation sites is 3. The molecule has 0 aliphatic carbocycles. The molecule has 0 atom stereocenters. The Kier molecular flexibility index (Phi) is 3.07. The topological polar surface area (TPSA) is 39.3 Å². The first-order valence-electron chi connectivity index (χ1n) is 8.19. The Labute approximate surface area is 151 Å². The van der Waals surface area contributed by atoms with E-state index >= 15 is 0 Å². The van der Waals surface area contributed by atoms with Crippen molar-refractivity contribution >= 4 is 34.4 Å². The summed E-state index contributed by atoms with van der Waals surface area (Å²) < 4.78 is 0. The fourth-order valence-corrected chi connectivity index (χ4v) is 3.91. The highest BCUT2D eigenvalue weighted by Gasteiger charge is 2.48. The van der Waals surface area contributed by atoms with E-state index in [4.69, 9.17) is 12.2 Å². The van der Waals surface area contributed by atoms with Gasteiger partial charge >= 0.3 is 0 Å². The van der Waals surface area contributed by atoms with Crippen LogP contribution in [0.1, 0.15) is 11.1 Å². The molecule has 1 saturated heterocycles. The molecule has 0 bridgehead atoms. The molecule has 2 heterocycles. The lowest BCUT2D eigenvalue weighted by Crippen LogP contribution is -2.51. The number of hydrazine groups is 1. The summed E-state index contributed by atoms with van der Waals surface area (Å²) in [5.41, 5.74) is 8.42. The summed E-state index contributed by atoms with van der Waals surface area (Å²) in [4.78, 5) is 0. The van der Waals surface area contributed by atoms with Crippen LogP contribution in [-0.2, 0) is 5.66 Å². The zero-order valence-corrected chi connectivity index (χ0v) is 14.2. The third-order valence-corrected chi connectivity index (χ3v) is 5.01. The Morgan fingerprint density at radius 3 is 1.92 bits per heavy atom. The molecule has 5 rings (SSSR count). The van der Waals surface area contributed by atoms with Crippen LogP contribution in [0.5, 0.6) is 0 Å². The van der Waals surface area contributed by atoms with E-state index in [2.05, 4.69) is 40.3 Å². The van der Waals surface area contributed by atoms with Crippen LogP contribution >= 0.6 is 12.2 Å². The van der Waals surface area contributed by atoms with Crippen molar-refractivity contribution in [2.24, 2.45) is 0 Å². The average Bonchev–Trinajstić information content (AvgIpc) is 3.01. The van der Waals surface area contributed by atoms with Crippen molar-refractivity contribution in [3.63, 3.8) is 0 Å². The Balaban J connectivity index is 1.70. The molecular formula is C20H16N4S. The Morgan fingerprint density at radius 1 is 0.720 bits per heavy atom. The van der Waals surface area contributed by atoms with Gasteiger partial charge in [0.15, 0.2) is 10.8 Å². The third-order valence-electron chi connectivity index (χ3n) is 4.72. The van der Waals surface area contributed by atoms with Gasteiger partial charge in [-0.2, -0.15) is 5.43 Å². The zero-order valence-electron chi connectivity index (χ0n) is 13.4. The van der Waals surface area contributed by atoms with Crippen LogP contribution in [0.3, 0.4) is 0 Å². The second-order valence-electron chi connectivity index (χ2n) is 6.18. The second kappa shape index (κ2) is 5.31. The molecule has 0 amide bonds. The lowest BCUT2D eigenvalue weighted by atomic mass is 9.86. The summed E-state index contributed by atoms with van der Waals surface area (Å²) >= 11 is 5.67. The number of thiocarbonyl (C=S) groups is 1. The molecule has 5 heteroatoms. The van der Waals surface area contributed by atoms with E-state index in [0.717, 1.165) is 28.2 Å². The molecule has 0 unspecified atom stereocenters. The minimum Gasteiger partial charge on any atom is -0.355 e. The van der Waals surface area contributed by atoms with Crippen molar-refractivity contribution < 1.29 is 0 Å². The number of hydrogen-bond acceptors (Lipinski definition) is 3. The summed E-state index contributed by atoms with van der Waals surface area (Å²) in [6, 6.07) is 26.7. The number of anilines is 3. The van der Waals surface area contributed by atoms with Crippen LogP contribution in [0.2, 0.25) is 0 Å². The number of hydrogen-bond donors (Lipinski definition) is 3. The lowest BCUT2D eigenvalue weighted by molar-refractivity contribution is 0.427. The molecule has 3 aromatic rings. The molecule has 1 fully saturated rings. The normalized spacial score (nSPS) is 16.8. The minimum atomic E-state index is -0.592. The smallest absolute Gasteiger partial charge is 0.190 e. The first-order valence-corrected chi connectivity index (χ1v) is 8.60. The van der Waals surface area contributed by atoms with Crippen LogP contribution in [0.25, 0.3) is 0 Å². The van der Waals surface area contributed by atoms with E-state index < -0.39 is 5.66 Å². The van der Waals surface area contributed by atoms with Gasteiger partial charge in [-0.1, -0.05) is 54.6 Å². The van der Waals surface area contributed by atoms with E-state index in [9.17, 15) is 0 Å². The van der Waals surface area contributed by atoms with Gasteiger partial charge in [0.05, 0.1) is 5.69 Å². The summed E-state index contributed by atoms with van der Waals surface area (Å²) in [6.45, 7) is 0. The van der Waals surface area contributed by atoms with E-state index in [0.29, 0.717) is 5.11 Å². The van der Waals surface area contributed by atoms with Gasteiger partial charge in [-0.3, -0.25) is 0 Å². The molecule has 2 aliphatic heterocycles. The van der Waals surface area contributed by atoms with E-state index in [1.54, 1.807) is 0 Å². The van der Waals surface area contributed by atoms with Crippen molar-refractivity contribution in [2.75, 3.05) is 10.3 Å². The molecule has 25 heavy (non-hydrogen) atoms. The Hall–Kier alpha value is -2.89. The van der Waals surface area contributed by atoms with Gasteiger partial charge in [0.2, 0.25) is 0 Å². The van der Waals surface area contributed by atoms with Crippen LogP contribution in [0.15, 0.2) is 78.9 Å². The maximum Gasteiger partial charge on any atom is 0.190 e. The monoisotopic (exact) mass is 344 g/mol. The fraction of sp³-hybridized carbons (Fsp3) is 0.0500. The molecule has 0 radical (unpaired) electrons. The molecule has 0 saturated carbocycles. The standard InChI is InChI=1S/C20H16N4S/c25-19-22-20(23-24(19)14-8-2-1-3-9-14)15-10-4-6-12-17(15)21-18-13-7-5-11-16(18)20/h1-13,21,23H,(H,22,25). The predicted molar refractivity (Wildman–Crippen MR) is 105 cm³/mol. The van der Waals surface area contributed by atoms with Crippen LogP contribution in [0.4, 0.5) is 17.1 Å². The first-order chi connectivity index (χ1) is 12.3. The number of benzene rings is 3. The van der Waals surface area contributed by atoms with Gasteiger partial charge in [0.25, 0.3) is 0 Å². The summed E-state index contributed by atoms with van der Waals surface area (Å²) in [5, 5.41) is 9.65. The highest BCUT2D eigenvalue weighted by molar-refractivity contribution is 7.80. The molecular weight excluding hydrogens is 328 g/mol. The second-order valence-corrected chi connectivity index (χ2v) is 6.57. The van der Waals surface area contributed by atoms with Crippen LogP contribution in [-0.4, -0.2) is 5.11 Å².